The highest BCUT2D eigenvalue weighted by Crippen LogP contribution is 2.26. The molecule has 2 nitrogen and oxygen atoms in total. The van der Waals surface area contributed by atoms with Gasteiger partial charge in [-0.25, -0.2) is 0 Å². The second-order valence-corrected chi connectivity index (χ2v) is 6.63. The fourth-order valence-electron chi connectivity index (χ4n) is 1.86. The summed E-state index contributed by atoms with van der Waals surface area (Å²) in [5.41, 5.74) is 2.87. The smallest absolute Gasteiger partial charge is 0.200 e. The molecule has 0 bridgehead atoms. The molecule has 0 aliphatic rings. The highest BCUT2D eigenvalue weighted by Gasteiger charge is 2.08. The van der Waals surface area contributed by atoms with Crippen molar-refractivity contribution >= 4 is 44.3 Å². The van der Waals surface area contributed by atoms with Crippen LogP contribution in [0.15, 0.2) is 40.9 Å². The zero-order valence-electron chi connectivity index (χ0n) is 11.2. The van der Waals surface area contributed by atoms with E-state index in [1.165, 1.54) is 0 Å². The van der Waals surface area contributed by atoms with Crippen LogP contribution in [0.4, 0.5) is 0 Å². The zero-order chi connectivity index (χ0) is 14.7. The van der Waals surface area contributed by atoms with Crippen molar-refractivity contribution in [2.45, 2.75) is 13.8 Å². The average molecular weight is 445 g/mol. The van der Waals surface area contributed by atoms with E-state index in [0.717, 1.165) is 24.9 Å². The fourth-order valence-corrected chi connectivity index (χ4v) is 2.45. The van der Waals surface area contributed by atoms with Crippen LogP contribution in [0.25, 0.3) is 0 Å². The summed E-state index contributed by atoms with van der Waals surface area (Å²) in [6, 6.07) is 11.3. The van der Waals surface area contributed by atoms with Crippen LogP contribution in [-0.2, 0) is 0 Å². The highest BCUT2D eigenvalue weighted by molar-refractivity contribution is 14.1. The Bertz CT molecular complexity index is 612. The quantitative estimate of drug-likeness (QED) is 0.493. The number of ether oxygens (including phenoxy) is 1. The fraction of sp³-hybridized carbons (Fsp3) is 0.188. The first-order chi connectivity index (χ1) is 9.47. The van der Waals surface area contributed by atoms with Crippen molar-refractivity contribution in [1.29, 1.82) is 0 Å². The normalized spacial score (nSPS) is 10.4. The molecule has 2 aromatic carbocycles. The van der Waals surface area contributed by atoms with E-state index < -0.39 is 0 Å². The summed E-state index contributed by atoms with van der Waals surface area (Å²) in [5.74, 6) is 0.710. The Kier molecular flexibility index (Phi) is 5.21. The summed E-state index contributed by atoms with van der Waals surface area (Å²) in [6.07, 6.45) is 0. The Morgan fingerprint density at radius 1 is 1.15 bits per heavy atom. The number of benzene rings is 2. The summed E-state index contributed by atoms with van der Waals surface area (Å²) in [5, 5.41) is 0. The molecular weight excluding hydrogens is 431 g/mol. The van der Waals surface area contributed by atoms with E-state index in [-0.39, 0.29) is 12.4 Å². The van der Waals surface area contributed by atoms with E-state index in [1.807, 2.05) is 50.2 Å². The largest absolute Gasteiger partial charge is 0.485 e. The molecule has 0 aromatic heterocycles. The van der Waals surface area contributed by atoms with Gasteiger partial charge in [0, 0.05) is 13.6 Å². The summed E-state index contributed by atoms with van der Waals surface area (Å²) < 4.78 is 7.78. The highest BCUT2D eigenvalue weighted by atomic mass is 127. The van der Waals surface area contributed by atoms with Crippen molar-refractivity contribution < 1.29 is 9.53 Å². The lowest BCUT2D eigenvalue weighted by Crippen LogP contribution is -2.11. The molecule has 4 heteroatoms. The van der Waals surface area contributed by atoms with Crippen molar-refractivity contribution in [1.82, 2.24) is 0 Å². The molecule has 0 radical (unpaired) electrons. The maximum atomic E-state index is 12.0. The molecule has 0 N–H and O–H groups in total. The number of ketones is 1. The molecule has 0 aliphatic carbocycles. The molecule has 0 atom stereocenters. The number of Topliss-reactive ketones (excluding diaryl/α,β-unsaturated/α-hetero) is 1. The predicted octanol–water partition coefficient (Wildman–Crippen LogP) is 4.93. The van der Waals surface area contributed by atoms with E-state index in [1.54, 1.807) is 0 Å². The van der Waals surface area contributed by atoms with Gasteiger partial charge in [-0.3, -0.25) is 4.79 Å². The maximum Gasteiger partial charge on any atom is 0.200 e. The van der Waals surface area contributed by atoms with Gasteiger partial charge in [-0.05, 0) is 71.8 Å². The third-order valence-corrected chi connectivity index (χ3v) is 4.92. The molecule has 0 aliphatic heterocycles. The van der Waals surface area contributed by atoms with Gasteiger partial charge in [0.25, 0.3) is 0 Å². The van der Waals surface area contributed by atoms with Gasteiger partial charge in [-0.2, -0.15) is 0 Å². The van der Waals surface area contributed by atoms with E-state index in [2.05, 4.69) is 38.5 Å². The molecule has 0 amide bonds. The van der Waals surface area contributed by atoms with Crippen LogP contribution >= 0.6 is 38.5 Å². The first kappa shape index (κ1) is 15.5. The number of carbonyl (C=O) groups excluding carboxylic acids is 1. The van der Waals surface area contributed by atoms with Crippen LogP contribution in [-0.4, -0.2) is 12.4 Å². The molecular formula is C16H14BrIO2. The van der Waals surface area contributed by atoms with Crippen LogP contribution in [0.3, 0.4) is 0 Å². The third-order valence-electron chi connectivity index (χ3n) is 2.95. The Labute approximate surface area is 140 Å². The van der Waals surface area contributed by atoms with Crippen LogP contribution in [0.5, 0.6) is 5.75 Å². The molecule has 20 heavy (non-hydrogen) atoms. The topological polar surface area (TPSA) is 26.3 Å². The van der Waals surface area contributed by atoms with Gasteiger partial charge in [-0.1, -0.05) is 28.1 Å². The lowest BCUT2D eigenvalue weighted by atomic mass is 10.1. The SMILES string of the molecule is Cc1cc(OCC(=O)c2ccc(I)cc2)cc(C)c1Br. The predicted molar refractivity (Wildman–Crippen MR) is 92.6 cm³/mol. The van der Waals surface area contributed by atoms with E-state index in [9.17, 15) is 4.79 Å². The molecule has 104 valence electrons. The standard InChI is InChI=1S/C16H14BrIO2/c1-10-7-14(8-11(2)16(10)17)20-9-15(19)12-3-5-13(18)6-4-12/h3-8H,9H2,1-2H3. The van der Waals surface area contributed by atoms with Crippen molar-refractivity contribution in [3.8, 4) is 5.75 Å². The van der Waals surface area contributed by atoms with Gasteiger partial charge < -0.3 is 4.74 Å². The number of aryl methyl sites for hydroxylation is 2. The minimum absolute atomic E-state index is 0.0142. The zero-order valence-corrected chi connectivity index (χ0v) is 15.0. The van der Waals surface area contributed by atoms with Crippen molar-refractivity contribution in [3.63, 3.8) is 0 Å². The van der Waals surface area contributed by atoms with E-state index >= 15 is 0 Å². The lowest BCUT2D eigenvalue weighted by molar-refractivity contribution is 0.0921. The van der Waals surface area contributed by atoms with Gasteiger partial charge in [0.2, 0.25) is 0 Å². The summed E-state index contributed by atoms with van der Waals surface area (Å²) >= 11 is 5.73. The van der Waals surface area contributed by atoms with Crippen LogP contribution in [0.2, 0.25) is 0 Å². The summed E-state index contributed by atoms with van der Waals surface area (Å²) in [6.45, 7) is 4.07. The lowest BCUT2D eigenvalue weighted by Gasteiger charge is -2.09. The van der Waals surface area contributed by atoms with Gasteiger partial charge in [0.05, 0.1) is 0 Å². The number of halogens is 2. The van der Waals surface area contributed by atoms with Crippen molar-refractivity contribution in [2.75, 3.05) is 6.61 Å². The number of carbonyl (C=O) groups is 1. The van der Waals surface area contributed by atoms with Crippen LogP contribution < -0.4 is 4.74 Å². The first-order valence-electron chi connectivity index (χ1n) is 6.15. The molecule has 0 saturated heterocycles. The Morgan fingerprint density at radius 2 is 1.70 bits per heavy atom. The van der Waals surface area contributed by atoms with Gasteiger partial charge >= 0.3 is 0 Å². The Balaban J connectivity index is 2.05. The molecule has 0 unspecified atom stereocenters. The minimum Gasteiger partial charge on any atom is -0.485 e. The maximum absolute atomic E-state index is 12.0. The molecule has 0 heterocycles. The Hall–Kier alpha value is -0.880. The monoisotopic (exact) mass is 444 g/mol. The number of hydrogen-bond acceptors (Lipinski definition) is 2. The molecule has 2 aromatic rings. The van der Waals surface area contributed by atoms with Gasteiger partial charge in [0.1, 0.15) is 5.75 Å². The number of rotatable bonds is 4. The molecule has 2 rings (SSSR count). The van der Waals surface area contributed by atoms with E-state index in [0.29, 0.717) is 5.56 Å². The van der Waals surface area contributed by atoms with Gasteiger partial charge in [-0.15, -0.1) is 0 Å². The first-order valence-corrected chi connectivity index (χ1v) is 8.03. The van der Waals surface area contributed by atoms with Crippen LogP contribution in [0, 0.1) is 17.4 Å². The average Bonchev–Trinajstić information content (AvgIpc) is 2.42. The molecule has 0 spiro atoms. The Morgan fingerprint density at radius 3 is 2.25 bits per heavy atom. The van der Waals surface area contributed by atoms with Crippen LogP contribution in [0.1, 0.15) is 21.5 Å². The minimum atomic E-state index is -0.0142. The summed E-state index contributed by atoms with van der Waals surface area (Å²) in [4.78, 5) is 12.0. The second kappa shape index (κ2) is 6.72. The summed E-state index contributed by atoms with van der Waals surface area (Å²) in [7, 11) is 0. The molecule has 0 saturated carbocycles. The second-order valence-electron chi connectivity index (χ2n) is 4.59. The number of hydrogen-bond donors (Lipinski definition) is 0. The molecule has 0 fully saturated rings. The van der Waals surface area contributed by atoms with Gasteiger partial charge in [0.15, 0.2) is 12.4 Å². The van der Waals surface area contributed by atoms with Crippen molar-refractivity contribution in [2.24, 2.45) is 0 Å². The third kappa shape index (κ3) is 3.82. The van der Waals surface area contributed by atoms with Crippen molar-refractivity contribution in [3.05, 3.63) is 61.1 Å². The van der Waals surface area contributed by atoms with E-state index in [4.69, 9.17) is 4.74 Å².